The van der Waals surface area contributed by atoms with Crippen molar-refractivity contribution < 1.29 is 14.6 Å². The second-order valence-corrected chi connectivity index (χ2v) is 3.81. The lowest BCUT2D eigenvalue weighted by molar-refractivity contribution is 0.101. The number of aromatic hydroxyl groups is 1. The maximum atomic E-state index is 11.1. The van der Waals surface area contributed by atoms with Crippen LogP contribution in [0.4, 0.5) is 0 Å². The van der Waals surface area contributed by atoms with Gasteiger partial charge >= 0.3 is 0 Å². The van der Waals surface area contributed by atoms with E-state index in [-0.39, 0.29) is 11.5 Å². The van der Waals surface area contributed by atoms with Crippen molar-refractivity contribution in [3.05, 3.63) is 21.3 Å². The molecule has 1 aromatic rings. The van der Waals surface area contributed by atoms with Crippen LogP contribution >= 0.6 is 22.6 Å². The van der Waals surface area contributed by atoms with Crippen molar-refractivity contribution in [3.8, 4) is 11.5 Å². The highest BCUT2D eigenvalue weighted by atomic mass is 127. The Hall–Kier alpha value is -0.780. The van der Waals surface area contributed by atoms with E-state index in [2.05, 4.69) is 22.6 Å². The number of Topliss-reactive ketones (excluding diaryl/α,β-unsaturated/α-hetero) is 1. The predicted octanol–water partition coefficient (Wildman–Crippen LogP) is 2.21. The van der Waals surface area contributed by atoms with Gasteiger partial charge in [0.05, 0.1) is 12.7 Å². The highest BCUT2D eigenvalue weighted by Gasteiger charge is 2.12. The first-order chi connectivity index (χ1) is 6.06. The highest BCUT2D eigenvalue weighted by Crippen LogP contribution is 2.32. The highest BCUT2D eigenvalue weighted by molar-refractivity contribution is 14.1. The van der Waals surface area contributed by atoms with E-state index in [0.717, 1.165) is 3.57 Å². The molecule has 0 unspecified atom stereocenters. The van der Waals surface area contributed by atoms with Crippen LogP contribution in [-0.4, -0.2) is 18.0 Å². The smallest absolute Gasteiger partial charge is 0.168 e. The summed E-state index contributed by atoms with van der Waals surface area (Å²) in [5.41, 5.74) is 0.295. The molecule has 1 N–H and O–H groups in total. The van der Waals surface area contributed by atoms with Gasteiger partial charge in [-0.3, -0.25) is 4.79 Å². The van der Waals surface area contributed by atoms with Crippen LogP contribution in [0.25, 0.3) is 0 Å². The van der Waals surface area contributed by atoms with Crippen molar-refractivity contribution >= 4 is 28.4 Å². The number of carbonyl (C=O) groups is 1. The molecule has 0 radical (unpaired) electrons. The van der Waals surface area contributed by atoms with E-state index in [9.17, 15) is 9.90 Å². The second-order valence-electron chi connectivity index (χ2n) is 2.56. The molecule has 0 heterocycles. The predicted molar refractivity (Wildman–Crippen MR) is 57.4 cm³/mol. The molecule has 1 aromatic carbocycles. The van der Waals surface area contributed by atoms with Crippen molar-refractivity contribution in [2.24, 2.45) is 0 Å². The number of hydrogen-bond acceptors (Lipinski definition) is 3. The van der Waals surface area contributed by atoms with Gasteiger partial charge in [0.1, 0.15) is 0 Å². The van der Waals surface area contributed by atoms with Gasteiger partial charge in [-0.15, -0.1) is 0 Å². The topological polar surface area (TPSA) is 46.5 Å². The van der Waals surface area contributed by atoms with Gasteiger partial charge in [0.2, 0.25) is 0 Å². The number of methoxy groups -OCH3 is 1. The molecule has 0 saturated carbocycles. The summed E-state index contributed by atoms with van der Waals surface area (Å²) >= 11 is 2.06. The molecule has 0 saturated heterocycles. The fraction of sp³-hybridized carbons (Fsp3) is 0.222. The van der Waals surface area contributed by atoms with Crippen molar-refractivity contribution in [2.45, 2.75) is 6.92 Å². The zero-order valence-corrected chi connectivity index (χ0v) is 9.45. The molecule has 70 valence electrons. The van der Waals surface area contributed by atoms with E-state index in [1.807, 2.05) is 0 Å². The van der Waals surface area contributed by atoms with E-state index in [0.29, 0.717) is 11.3 Å². The fourth-order valence-corrected chi connectivity index (χ4v) is 1.59. The number of phenols is 1. The Morgan fingerprint density at radius 3 is 2.62 bits per heavy atom. The van der Waals surface area contributed by atoms with Gasteiger partial charge in [0.25, 0.3) is 0 Å². The van der Waals surface area contributed by atoms with Crippen LogP contribution in [0, 0.1) is 3.57 Å². The standard InChI is InChI=1S/C9H9IO3/c1-5(11)7-3-6(10)4-8(13-2)9(7)12/h3-4,12H,1-2H3. The molecular weight excluding hydrogens is 283 g/mol. The van der Waals surface area contributed by atoms with Gasteiger partial charge in [-0.1, -0.05) is 0 Å². The number of rotatable bonds is 2. The summed E-state index contributed by atoms with van der Waals surface area (Å²) < 4.78 is 5.77. The monoisotopic (exact) mass is 292 g/mol. The Kier molecular flexibility index (Phi) is 3.13. The average molecular weight is 292 g/mol. The summed E-state index contributed by atoms with van der Waals surface area (Å²) in [5.74, 6) is 0.0711. The zero-order chi connectivity index (χ0) is 10.0. The third-order valence-electron chi connectivity index (χ3n) is 1.64. The number of hydrogen-bond donors (Lipinski definition) is 1. The van der Waals surface area contributed by atoms with Crippen molar-refractivity contribution in [1.82, 2.24) is 0 Å². The largest absolute Gasteiger partial charge is 0.504 e. The summed E-state index contributed by atoms with van der Waals surface area (Å²) in [6, 6.07) is 3.29. The zero-order valence-electron chi connectivity index (χ0n) is 7.30. The van der Waals surface area contributed by atoms with Crippen LogP contribution < -0.4 is 4.74 Å². The molecule has 0 aromatic heterocycles. The Bertz CT molecular complexity index is 347. The summed E-state index contributed by atoms with van der Waals surface area (Å²) in [6.07, 6.45) is 0. The van der Waals surface area contributed by atoms with Crippen LogP contribution in [0.15, 0.2) is 12.1 Å². The minimum absolute atomic E-state index is 0.0876. The van der Waals surface area contributed by atoms with Gasteiger partial charge in [0, 0.05) is 3.57 Å². The van der Waals surface area contributed by atoms with Crippen LogP contribution in [0.3, 0.4) is 0 Å². The summed E-state index contributed by atoms with van der Waals surface area (Å²) in [7, 11) is 1.45. The number of ether oxygens (including phenoxy) is 1. The minimum atomic E-state index is -0.172. The molecule has 0 aliphatic rings. The van der Waals surface area contributed by atoms with E-state index >= 15 is 0 Å². The molecule has 3 nitrogen and oxygen atoms in total. The average Bonchev–Trinajstić information content (AvgIpc) is 2.08. The molecular formula is C9H9IO3. The molecule has 4 heteroatoms. The van der Waals surface area contributed by atoms with Crippen molar-refractivity contribution in [3.63, 3.8) is 0 Å². The van der Waals surface area contributed by atoms with Gasteiger partial charge in [-0.2, -0.15) is 0 Å². The van der Waals surface area contributed by atoms with Gasteiger partial charge < -0.3 is 9.84 Å². The molecule has 0 atom stereocenters. The number of ketones is 1. The molecule has 1 rings (SSSR count). The Labute approximate surface area is 89.9 Å². The lowest BCUT2D eigenvalue weighted by Crippen LogP contribution is -1.96. The second kappa shape index (κ2) is 3.95. The molecule has 0 spiro atoms. The first-order valence-electron chi connectivity index (χ1n) is 3.63. The normalized spacial score (nSPS) is 9.77. The SMILES string of the molecule is COc1cc(I)cc(C(C)=O)c1O. The third-order valence-corrected chi connectivity index (χ3v) is 2.26. The van der Waals surface area contributed by atoms with Crippen molar-refractivity contribution in [2.75, 3.05) is 7.11 Å². The number of benzene rings is 1. The lowest BCUT2D eigenvalue weighted by Gasteiger charge is -2.07. The third kappa shape index (κ3) is 2.12. The van der Waals surface area contributed by atoms with E-state index in [1.165, 1.54) is 14.0 Å². The molecule has 0 bridgehead atoms. The van der Waals surface area contributed by atoms with Crippen LogP contribution in [-0.2, 0) is 0 Å². The summed E-state index contributed by atoms with van der Waals surface area (Å²) in [6.45, 7) is 1.41. The Morgan fingerprint density at radius 2 is 2.15 bits per heavy atom. The van der Waals surface area contributed by atoms with E-state index in [1.54, 1.807) is 12.1 Å². The molecule has 0 aliphatic heterocycles. The minimum Gasteiger partial charge on any atom is -0.504 e. The quantitative estimate of drug-likeness (QED) is 0.671. The van der Waals surface area contributed by atoms with E-state index < -0.39 is 0 Å². The first-order valence-corrected chi connectivity index (χ1v) is 4.71. The fourth-order valence-electron chi connectivity index (χ4n) is 0.998. The Morgan fingerprint density at radius 1 is 1.54 bits per heavy atom. The molecule has 0 aliphatic carbocycles. The molecule has 13 heavy (non-hydrogen) atoms. The Balaban J connectivity index is 3.35. The van der Waals surface area contributed by atoms with Crippen LogP contribution in [0.1, 0.15) is 17.3 Å². The number of halogens is 1. The van der Waals surface area contributed by atoms with Gasteiger partial charge in [-0.25, -0.2) is 0 Å². The number of phenolic OH excluding ortho intramolecular Hbond substituents is 1. The summed E-state index contributed by atoms with van der Waals surface area (Å²) in [4.78, 5) is 11.1. The van der Waals surface area contributed by atoms with Crippen LogP contribution in [0.5, 0.6) is 11.5 Å². The number of carbonyl (C=O) groups excluding carboxylic acids is 1. The van der Waals surface area contributed by atoms with Gasteiger partial charge in [-0.05, 0) is 41.6 Å². The molecule has 0 amide bonds. The first kappa shape index (κ1) is 10.3. The molecule has 0 fully saturated rings. The van der Waals surface area contributed by atoms with Gasteiger partial charge in [0.15, 0.2) is 17.3 Å². The van der Waals surface area contributed by atoms with Crippen molar-refractivity contribution in [1.29, 1.82) is 0 Å². The maximum absolute atomic E-state index is 11.1. The summed E-state index contributed by atoms with van der Waals surface area (Å²) in [5, 5.41) is 9.53. The lowest BCUT2D eigenvalue weighted by atomic mass is 10.1. The van der Waals surface area contributed by atoms with E-state index in [4.69, 9.17) is 4.74 Å². The van der Waals surface area contributed by atoms with Crippen LogP contribution in [0.2, 0.25) is 0 Å². The maximum Gasteiger partial charge on any atom is 0.168 e.